The Morgan fingerprint density at radius 1 is 1.00 bits per heavy atom. The second kappa shape index (κ2) is 7.89. The van der Waals surface area contributed by atoms with Crippen molar-refractivity contribution in [2.24, 2.45) is 17.8 Å². The Balaban J connectivity index is 3.58. The smallest absolute Gasteiger partial charge is 0.104 e. The molecule has 0 aliphatic heterocycles. The summed E-state index contributed by atoms with van der Waals surface area (Å²) >= 11 is 0.736. The molecule has 0 aromatic heterocycles. The van der Waals surface area contributed by atoms with E-state index >= 15 is 0 Å². The monoisotopic (exact) mass is 197 g/mol. The van der Waals surface area contributed by atoms with Crippen LogP contribution in [0.15, 0.2) is 0 Å². The van der Waals surface area contributed by atoms with Gasteiger partial charge in [-0.2, -0.15) is 0 Å². The van der Waals surface area contributed by atoms with E-state index < -0.39 is 0 Å². The van der Waals surface area contributed by atoms with Gasteiger partial charge in [0, 0.05) is 0 Å². The fourth-order valence-electron chi connectivity index (χ4n) is 1.97. The zero-order valence-corrected chi connectivity index (χ0v) is 11.3. The van der Waals surface area contributed by atoms with Crippen molar-refractivity contribution in [3.8, 4) is 0 Å². The highest BCUT2D eigenvalue weighted by molar-refractivity contribution is 6.35. The molecular weight excluding hydrogens is 171 g/mol. The average Bonchev–Trinajstić information content (AvgIpc) is 2.02. The molecule has 0 amide bonds. The summed E-state index contributed by atoms with van der Waals surface area (Å²) < 4.78 is 0. The molecule has 0 heterocycles. The van der Waals surface area contributed by atoms with E-state index in [2.05, 4.69) is 34.6 Å². The minimum atomic E-state index is 0.736. The number of hydrogen-bond acceptors (Lipinski definition) is 0. The van der Waals surface area contributed by atoms with Gasteiger partial charge < -0.3 is 0 Å². The van der Waals surface area contributed by atoms with Crippen LogP contribution >= 0.6 is 0 Å². The van der Waals surface area contributed by atoms with Gasteiger partial charge in [-0.05, 0) is 17.8 Å². The van der Waals surface area contributed by atoms with E-state index in [9.17, 15) is 0 Å². The minimum absolute atomic E-state index is 0.736. The normalized spacial score (nSPS) is 11.7. The Morgan fingerprint density at radius 3 is 1.92 bits per heavy atom. The standard InChI is InChI=1S/C8H17.C4H9.Al/c1-6(2)8(5)7(3)4;1-3-4-2;/h6-8H,5H2,1-4H3;1,3-4H2,2H3;. The van der Waals surface area contributed by atoms with Gasteiger partial charge in [-0.1, -0.05) is 47.5 Å². The van der Waals surface area contributed by atoms with Crippen LogP contribution in [0.3, 0.4) is 0 Å². The van der Waals surface area contributed by atoms with Crippen LogP contribution in [0.4, 0.5) is 0 Å². The quantitative estimate of drug-likeness (QED) is 0.422. The Morgan fingerprint density at radius 2 is 1.54 bits per heavy atom. The molecule has 1 heteroatoms. The summed E-state index contributed by atoms with van der Waals surface area (Å²) in [6, 6.07) is 0. The molecule has 0 unspecified atom stereocenters. The van der Waals surface area contributed by atoms with Crippen LogP contribution in [0.1, 0.15) is 47.5 Å². The maximum absolute atomic E-state index is 2.38. The third-order valence-corrected chi connectivity index (χ3v) is 4.61. The van der Waals surface area contributed by atoms with E-state index in [1.54, 1.807) is 0 Å². The molecule has 1 radical (unpaired) electrons. The Bertz CT molecular complexity index is 99.7. The Labute approximate surface area is 91.2 Å². The van der Waals surface area contributed by atoms with E-state index in [1.807, 2.05) is 0 Å². The van der Waals surface area contributed by atoms with E-state index in [4.69, 9.17) is 0 Å². The summed E-state index contributed by atoms with van der Waals surface area (Å²) in [6.45, 7) is 11.8. The molecule has 0 spiro atoms. The molecule has 0 atom stereocenters. The predicted molar refractivity (Wildman–Crippen MR) is 63.4 cm³/mol. The third kappa shape index (κ3) is 6.58. The van der Waals surface area contributed by atoms with Crippen LogP contribution in [-0.2, 0) is 0 Å². The molecule has 0 saturated heterocycles. The van der Waals surface area contributed by atoms with Gasteiger partial charge >= 0.3 is 0 Å². The van der Waals surface area contributed by atoms with Crippen molar-refractivity contribution in [3.05, 3.63) is 0 Å². The van der Waals surface area contributed by atoms with Crippen molar-refractivity contribution in [2.75, 3.05) is 0 Å². The van der Waals surface area contributed by atoms with Crippen molar-refractivity contribution < 1.29 is 0 Å². The first-order valence-electron chi connectivity index (χ1n) is 5.91. The van der Waals surface area contributed by atoms with Crippen LogP contribution in [0.5, 0.6) is 0 Å². The van der Waals surface area contributed by atoms with Gasteiger partial charge in [0.25, 0.3) is 0 Å². The Kier molecular flexibility index (Phi) is 8.22. The maximum atomic E-state index is 2.38. The molecule has 0 aromatic rings. The first-order chi connectivity index (χ1) is 6.09. The predicted octanol–water partition coefficient (Wildman–Crippen LogP) is 4.26. The zero-order valence-electron chi connectivity index (χ0n) is 10.1. The lowest BCUT2D eigenvalue weighted by molar-refractivity contribution is 0.315. The van der Waals surface area contributed by atoms with Gasteiger partial charge in [-0.25, -0.2) is 0 Å². The fraction of sp³-hybridized carbons (Fsp3) is 1.00. The molecule has 0 aromatic carbocycles. The highest BCUT2D eigenvalue weighted by Gasteiger charge is 2.16. The van der Waals surface area contributed by atoms with E-state index in [0.717, 1.165) is 33.0 Å². The highest BCUT2D eigenvalue weighted by Crippen LogP contribution is 2.24. The molecule has 0 aliphatic rings. The van der Waals surface area contributed by atoms with Crippen molar-refractivity contribution in [2.45, 2.75) is 58.0 Å². The van der Waals surface area contributed by atoms with Gasteiger partial charge in [-0.3, -0.25) is 0 Å². The van der Waals surface area contributed by atoms with Crippen molar-refractivity contribution in [3.63, 3.8) is 0 Å². The first kappa shape index (κ1) is 13.5. The lowest BCUT2D eigenvalue weighted by Crippen LogP contribution is -2.17. The van der Waals surface area contributed by atoms with Crippen molar-refractivity contribution in [1.82, 2.24) is 0 Å². The van der Waals surface area contributed by atoms with Gasteiger partial charge in [0.15, 0.2) is 15.2 Å². The highest BCUT2D eigenvalue weighted by atomic mass is 27.1. The third-order valence-electron chi connectivity index (χ3n) is 2.91. The first-order valence-corrected chi connectivity index (χ1v) is 7.54. The summed E-state index contributed by atoms with van der Waals surface area (Å²) in [4.78, 5) is 0. The average molecular weight is 197 g/mol. The molecule has 13 heavy (non-hydrogen) atoms. The molecule has 0 fully saturated rings. The number of unbranched alkanes of at least 4 members (excludes halogenated alkanes) is 1. The SMILES string of the molecule is CCC[CH2][Al][CH2]C(C(C)C)C(C)C. The summed E-state index contributed by atoms with van der Waals surface area (Å²) in [5, 5.41) is 3.04. The largest absolute Gasteiger partial charge is 0.200 e. The van der Waals surface area contributed by atoms with Crippen LogP contribution < -0.4 is 0 Å². The Hall–Kier alpha value is 0.532. The van der Waals surface area contributed by atoms with Crippen LogP contribution in [0.2, 0.25) is 10.6 Å². The molecule has 0 rings (SSSR count). The van der Waals surface area contributed by atoms with E-state index in [-0.39, 0.29) is 0 Å². The second-order valence-corrected chi connectivity index (χ2v) is 6.44. The topological polar surface area (TPSA) is 0 Å². The lowest BCUT2D eigenvalue weighted by Gasteiger charge is -2.24. The van der Waals surface area contributed by atoms with Crippen molar-refractivity contribution >= 4 is 15.2 Å². The molecule has 77 valence electrons. The van der Waals surface area contributed by atoms with E-state index in [0.29, 0.717) is 0 Å². The zero-order chi connectivity index (χ0) is 10.3. The summed E-state index contributed by atoms with van der Waals surface area (Å²) in [7, 11) is 0. The van der Waals surface area contributed by atoms with Gasteiger partial charge in [0.1, 0.15) is 0 Å². The minimum Gasteiger partial charge on any atom is -0.104 e. The fourth-order valence-corrected chi connectivity index (χ4v) is 4.38. The van der Waals surface area contributed by atoms with E-state index in [1.165, 1.54) is 23.4 Å². The molecule has 0 aliphatic carbocycles. The maximum Gasteiger partial charge on any atom is 0.200 e. The summed E-state index contributed by atoms with van der Waals surface area (Å²) in [6.07, 6.45) is 2.83. The number of rotatable bonds is 7. The van der Waals surface area contributed by atoms with Gasteiger partial charge in [0.05, 0.1) is 0 Å². The second-order valence-electron chi connectivity index (χ2n) is 4.82. The van der Waals surface area contributed by atoms with Crippen LogP contribution in [0, 0.1) is 17.8 Å². The molecule has 0 bridgehead atoms. The molecule has 0 saturated carbocycles. The van der Waals surface area contributed by atoms with Crippen LogP contribution in [-0.4, -0.2) is 15.2 Å². The van der Waals surface area contributed by atoms with Crippen molar-refractivity contribution in [1.29, 1.82) is 0 Å². The molecule has 0 N–H and O–H groups in total. The summed E-state index contributed by atoms with van der Waals surface area (Å²) in [5.74, 6) is 2.75. The van der Waals surface area contributed by atoms with Crippen LogP contribution in [0.25, 0.3) is 0 Å². The molecule has 0 nitrogen and oxygen atoms in total. The summed E-state index contributed by atoms with van der Waals surface area (Å²) in [5.41, 5.74) is 0. The van der Waals surface area contributed by atoms with Gasteiger partial charge in [0.2, 0.25) is 0 Å². The lowest BCUT2D eigenvalue weighted by atomic mass is 9.87. The number of hydrogen-bond donors (Lipinski definition) is 0. The van der Waals surface area contributed by atoms with Gasteiger partial charge in [-0.15, -0.1) is 10.6 Å². The molecular formula is C12H26Al.